The first-order chi connectivity index (χ1) is 6.95. The molecule has 0 saturated heterocycles. The van der Waals surface area contributed by atoms with Crippen molar-refractivity contribution in [3.8, 4) is 5.75 Å². The molecule has 0 aliphatic heterocycles. The number of alkyl halides is 2. The van der Waals surface area contributed by atoms with Crippen LogP contribution in [0.3, 0.4) is 0 Å². The predicted molar refractivity (Wildman–Crippen MR) is 50.5 cm³/mol. The molecule has 83 valence electrons. The summed E-state index contributed by atoms with van der Waals surface area (Å²) in [6.45, 7) is 0.349. The van der Waals surface area contributed by atoms with Gasteiger partial charge in [-0.1, -0.05) is 0 Å². The molecule has 0 N–H and O–H groups in total. The summed E-state index contributed by atoms with van der Waals surface area (Å²) in [6.07, 6.45) is 0. The molecule has 3 nitrogen and oxygen atoms in total. The summed E-state index contributed by atoms with van der Waals surface area (Å²) in [5.41, 5.74) is 0. The molecule has 0 unspecified atom stereocenters. The zero-order valence-corrected chi connectivity index (χ0v) is 8.51. The van der Waals surface area contributed by atoms with Gasteiger partial charge in [-0.05, 0) is 31.2 Å². The maximum absolute atomic E-state index is 11.8. The van der Waals surface area contributed by atoms with Crippen molar-refractivity contribution >= 4 is 9.84 Å². The molecule has 0 heterocycles. The number of rotatable bonds is 4. The zero-order chi connectivity index (χ0) is 11.5. The van der Waals surface area contributed by atoms with Crippen molar-refractivity contribution in [3.05, 3.63) is 31.2 Å². The van der Waals surface area contributed by atoms with E-state index in [0.717, 1.165) is 0 Å². The van der Waals surface area contributed by atoms with Gasteiger partial charge in [-0.15, -0.1) is 0 Å². The molecule has 1 radical (unpaired) electrons. The first-order valence-electron chi connectivity index (χ1n) is 4.02. The Hall–Kier alpha value is -1.17. The van der Waals surface area contributed by atoms with Crippen LogP contribution >= 0.6 is 0 Å². The summed E-state index contributed by atoms with van der Waals surface area (Å²) >= 11 is 0. The van der Waals surface area contributed by atoms with E-state index >= 15 is 0 Å². The Kier molecular flexibility index (Phi) is 3.62. The lowest BCUT2D eigenvalue weighted by molar-refractivity contribution is -0.0498. The number of ether oxygens (including phenoxy) is 1. The van der Waals surface area contributed by atoms with Crippen molar-refractivity contribution in [3.63, 3.8) is 0 Å². The van der Waals surface area contributed by atoms with E-state index in [1.54, 1.807) is 0 Å². The molecule has 1 rings (SSSR count). The standard InChI is InChI=1S/C9H9F2O3S/c1-2-15(12,13)8-5-3-7(4-6-8)14-9(10)11/h3-6,9H,1-2H2. The highest BCUT2D eigenvalue weighted by molar-refractivity contribution is 7.91. The van der Waals surface area contributed by atoms with E-state index in [4.69, 9.17) is 0 Å². The van der Waals surface area contributed by atoms with E-state index < -0.39 is 16.4 Å². The minimum Gasteiger partial charge on any atom is -0.435 e. The second-order valence-corrected chi connectivity index (χ2v) is 4.78. The molecule has 0 aromatic heterocycles. The van der Waals surface area contributed by atoms with Crippen molar-refractivity contribution in [1.82, 2.24) is 0 Å². The Morgan fingerprint density at radius 2 is 1.80 bits per heavy atom. The zero-order valence-electron chi connectivity index (χ0n) is 7.69. The van der Waals surface area contributed by atoms with E-state index in [0.29, 0.717) is 0 Å². The highest BCUT2D eigenvalue weighted by Gasteiger charge is 2.11. The van der Waals surface area contributed by atoms with Gasteiger partial charge in [-0.25, -0.2) is 8.42 Å². The van der Waals surface area contributed by atoms with Crippen molar-refractivity contribution in [2.45, 2.75) is 11.5 Å². The van der Waals surface area contributed by atoms with E-state index in [1.807, 2.05) is 0 Å². The lowest BCUT2D eigenvalue weighted by Crippen LogP contribution is -2.05. The number of halogens is 2. The fourth-order valence-corrected chi connectivity index (χ4v) is 1.73. The van der Waals surface area contributed by atoms with Crippen LogP contribution in [0.2, 0.25) is 0 Å². The highest BCUT2D eigenvalue weighted by Crippen LogP contribution is 2.18. The third-order valence-electron chi connectivity index (χ3n) is 1.68. The summed E-state index contributed by atoms with van der Waals surface area (Å²) in [5.74, 6) is -0.352. The average Bonchev–Trinajstić information content (AvgIpc) is 2.18. The maximum atomic E-state index is 11.8. The second kappa shape index (κ2) is 4.57. The molecule has 6 heteroatoms. The second-order valence-electron chi connectivity index (χ2n) is 2.67. The van der Waals surface area contributed by atoms with Crippen LogP contribution in [0, 0.1) is 6.92 Å². The Labute approximate surface area is 86.6 Å². The SMILES string of the molecule is [CH2]CS(=O)(=O)c1ccc(OC(F)F)cc1. The van der Waals surface area contributed by atoms with Gasteiger partial charge >= 0.3 is 6.61 Å². The van der Waals surface area contributed by atoms with Gasteiger partial charge in [0.05, 0.1) is 10.6 Å². The van der Waals surface area contributed by atoms with Gasteiger partial charge in [0.2, 0.25) is 0 Å². The van der Waals surface area contributed by atoms with Crippen molar-refractivity contribution in [2.75, 3.05) is 5.75 Å². The summed E-state index contributed by atoms with van der Waals surface area (Å²) in [7, 11) is -3.40. The quantitative estimate of drug-likeness (QED) is 0.800. The number of hydrogen-bond donors (Lipinski definition) is 0. The van der Waals surface area contributed by atoms with E-state index in [1.165, 1.54) is 24.3 Å². The molecular formula is C9H9F2O3S. The van der Waals surface area contributed by atoms with E-state index in [-0.39, 0.29) is 16.4 Å². The molecule has 0 spiro atoms. The fourth-order valence-electron chi connectivity index (χ4n) is 0.946. The van der Waals surface area contributed by atoms with Crippen molar-refractivity contribution in [2.24, 2.45) is 0 Å². The minimum atomic E-state index is -3.40. The Morgan fingerprint density at radius 3 is 2.20 bits per heavy atom. The third kappa shape index (κ3) is 3.16. The smallest absolute Gasteiger partial charge is 0.387 e. The van der Waals surface area contributed by atoms with E-state index in [2.05, 4.69) is 11.7 Å². The van der Waals surface area contributed by atoms with Crippen LogP contribution in [-0.4, -0.2) is 20.8 Å². The topological polar surface area (TPSA) is 43.4 Å². The van der Waals surface area contributed by atoms with Crippen LogP contribution in [0.25, 0.3) is 0 Å². The monoisotopic (exact) mass is 235 g/mol. The summed E-state index contributed by atoms with van der Waals surface area (Å²) in [6, 6.07) is 4.76. The molecule has 0 aliphatic rings. The molecule has 0 fully saturated rings. The van der Waals surface area contributed by atoms with E-state index in [9.17, 15) is 17.2 Å². The molecular weight excluding hydrogens is 226 g/mol. The normalized spacial score (nSPS) is 11.7. The van der Waals surface area contributed by atoms with Gasteiger partial charge in [0.1, 0.15) is 5.75 Å². The molecule has 0 aliphatic carbocycles. The Balaban J connectivity index is 2.91. The molecule has 0 atom stereocenters. The molecule has 15 heavy (non-hydrogen) atoms. The number of sulfone groups is 1. The maximum Gasteiger partial charge on any atom is 0.387 e. The van der Waals surface area contributed by atoms with Crippen LogP contribution in [0.1, 0.15) is 0 Å². The third-order valence-corrected chi connectivity index (χ3v) is 3.20. The lowest BCUT2D eigenvalue weighted by Gasteiger charge is -2.05. The first kappa shape index (κ1) is 11.9. The van der Waals surface area contributed by atoms with Gasteiger partial charge in [0.25, 0.3) is 0 Å². The predicted octanol–water partition coefficient (Wildman–Crippen LogP) is 1.90. The molecule has 1 aromatic rings. The molecule has 0 amide bonds. The molecule has 0 saturated carbocycles. The van der Waals surface area contributed by atoms with Gasteiger partial charge in [0, 0.05) is 0 Å². The van der Waals surface area contributed by atoms with Crippen molar-refractivity contribution < 1.29 is 21.9 Å². The van der Waals surface area contributed by atoms with Crippen LogP contribution < -0.4 is 4.74 Å². The largest absolute Gasteiger partial charge is 0.435 e. The Morgan fingerprint density at radius 1 is 1.27 bits per heavy atom. The number of hydrogen-bond acceptors (Lipinski definition) is 3. The minimum absolute atomic E-state index is 0.0408. The molecule has 1 aromatic carbocycles. The molecule has 0 bridgehead atoms. The van der Waals surface area contributed by atoms with Crippen LogP contribution in [0.15, 0.2) is 29.2 Å². The van der Waals surface area contributed by atoms with Crippen molar-refractivity contribution in [1.29, 1.82) is 0 Å². The van der Waals surface area contributed by atoms with Crippen LogP contribution in [0.4, 0.5) is 8.78 Å². The first-order valence-corrected chi connectivity index (χ1v) is 5.68. The van der Waals surface area contributed by atoms with Gasteiger partial charge in [0.15, 0.2) is 9.84 Å². The summed E-state index contributed by atoms with van der Waals surface area (Å²) in [5, 5.41) is 0. The fraction of sp³-hybridized carbons (Fsp3) is 0.222. The van der Waals surface area contributed by atoms with Gasteiger partial charge in [-0.3, -0.25) is 0 Å². The Bertz CT molecular complexity index is 411. The van der Waals surface area contributed by atoms with Gasteiger partial charge < -0.3 is 4.74 Å². The summed E-state index contributed by atoms with van der Waals surface area (Å²) < 4.78 is 50.2. The average molecular weight is 235 g/mol. The highest BCUT2D eigenvalue weighted by atomic mass is 32.2. The van der Waals surface area contributed by atoms with Crippen LogP contribution in [-0.2, 0) is 9.84 Å². The summed E-state index contributed by atoms with van der Waals surface area (Å²) in [4.78, 5) is 0.0408. The van der Waals surface area contributed by atoms with Gasteiger partial charge in [-0.2, -0.15) is 8.78 Å². The lowest BCUT2D eigenvalue weighted by atomic mass is 10.3. The number of benzene rings is 1. The van der Waals surface area contributed by atoms with Crippen LogP contribution in [0.5, 0.6) is 5.75 Å².